The first kappa shape index (κ1) is 15.3. The van der Waals surface area contributed by atoms with Gasteiger partial charge < -0.3 is 11.1 Å². The molecule has 2 rings (SSSR count). The van der Waals surface area contributed by atoms with Gasteiger partial charge in [-0.15, -0.1) is 22.7 Å². The summed E-state index contributed by atoms with van der Waals surface area (Å²) in [7, 11) is 0. The topological polar surface area (TPSA) is 78.9 Å². The number of nitrogens with zero attached hydrogens (tertiary/aromatic N) is 1. The average molecular weight is 417 g/mol. The minimum absolute atomic E-state index is 0.117. The number of nitrogens with one attached hydrogen (secondary N) is 1. The average Bonchev–Trinajstić information content (AvgIpc) is 2.92. The van der Waals surface area contributed by atoms with E-state index < -0.39 is 0 Å². The molecule has 7 heteroatoms. The minimum Gasteiger partial charge on any atom is -0.396 e. The molecular formula is C13H12IN3OS2. The summed E-state index contributed by atoms with van der Waals surface area (Å²) in [6.07, 6.45) is 0. The summed E-state index contributed by atoms with van der Waals surface area (Å²) in [4.78, 5) is 13.5. The first-order valence-electron chi connectivity index (χ1n) is 5.83. The summed E-state index contributed by atoms with van der Waals surface area (Å²) in [5, 5.41) is 13.0. The molecule has 0 atom stereocenters. The van der Waals surface area contributed by atoms with Crippen LogP contribution in [0, 0.1) is 14.2 Å². The molecule has 0 bridgehead atoms. The van der Waals surface area contributed by atoms with Crippen molar-refractivity contribution >= 4 is 61.7 Å². The van der Waals surface area contributed by atoms with E-state index in [1.165, 1.54) is 22.7 Å². The standard InChI is InChI=1S/C13H12IN3OS2/c1-6(2)17-13-7(5-15)10(16)12(20-13)11(18)8-3-4-9(14)19-8/h3-4,6,17H,16H2,1-2H3. The van der Waals surface area contributed by atoms with Crippen LogP contribution in [-0.4, -0.2) is 11.8 Å². The van der Waals surface area contributed by atoms with E-state index in [9.17, 15) is 10.1 Å². The van der Waals surface area contributed by atoms with Crippen LogP contribution in [0.1, 0.15) is 34.0 Å². The lowest BCUT2D eigenvalue weighted by atomic mass is 10.2. The van der Waals surface area contributed by atoms with E-state index in [0.717, 1.165) is 2.88 Å². The van der Waals surface area contributed by atoms with E-state index in [1.807, 2.05) is 19.9 Å². The Kier molecular flexibility index (Phi) is 4.67. The number of rotatable bonds is 4. The van der Waals surface area contributed by atoms with Gasteiger partial charge >= 0.3 is 0 Å². The molecular weight excluding hydrogens is 405 g/mol. The van der Waals surface area contributed by atoms with Crippen LogP contribution in [0.4, 0.5) is 10.7 Å². The largest absolute Gasteiger partial charge is 0.396 e. The molecule has 2 heterocycles. The third-order valence-electron chi connectivity index (χ3n) is 2.48. The molecule has 0 spiro atoms. The maximum atomic E-state index is 12.4. The maximum Gasteiger partial charge on any atom is 0.215 e. The van der Waals surface area contributed by atoms with Gasteiger partial charge in [-0.25, -0.2) is 0 Å². The number of ketones is 1. The number of nitriles is 1. The molecule has 3 N–H and O–H groups in total. The van der Waals surface area contributed by atoms with Crippen molar-refractivity contribution in [3.8, 4) is 6.07 Å². The van der Waals surface area contributed by atoms with E-state index in [2.05, 4.69) is 34.0 Å². The fourth-order valence-electron chi connectivity index (χ4n) is 1.64. The van der Waals surface area contributed by atoms with Crippen LogP contribution in [0.3, 0.4) is 0 Å². The Morgan fingerprint density at radius 3 is 2.65 bits per heavy atom. The lowest BCUT2D eigenvalue weighted by Gasteiger charge is -2.06. The number of anilines is 2. The maximum absolute atomic E-state index is 12.4. The fraction of sp³-hybridized carbons (Fsp3) is 0.231. The molecule has 2 aromatic heterocycles. The highest BCUT2D eigenvalue weighted by atomic mass is 127. The van der Waals surface area contributed by atoms with Crippen LogP contribution in [-0.2, 0) is 0 Å². The van der Waals surface area contributed by atoms with Crippen LogP contribution in [0.5, 0.6) is 0 Å². The van der Waals surface area contributed by atoms with Gasteiger partial charge in [0.15, 0.2) is 0 Å². The molecule has 0 aromatic carbocycles. The third-order valence-corrected chi connectivity index (χ3v) is 5.51. The SMILES string of the molecule is CC(C)Nc1sc(C(=O)c2ccc(I)s2)c(N)c1C#N. The van der Waals surface area contributed by atoms with Crippen molar-refractivity contribution in [1.82, 2.24) is 0 Å². The highest BCUT2D eigenvalue weighted by molar-refractivity contribution is 14.1. The molecule has 2 aromatic rings. The molecule has 0 fully saturated rings. The number of carbonyl (C=O) groups excluding carboxylic acids is 1. The summed E-state index contributed by atoms with van der Waals surface area (Å²) in [5.41, 5.74) is 6.60. The number of hydrogen-bond acceptors (Lipinski definition) is 6. The Hall–Kier alpha value is -1.11. The molecule has 0 saturated carbocycles. The predicted molar refractivity (Wildman–Crippen MR) is 92.7 cm³/mol. The highest BCUT2D eigenvalue weighted by Crippen LogP contribution is 2.37. The van der Waals surface area contributed by atoms with Crippen LogP contribution < -0.4 is 11.1 Å². The van der Waals surface area contributed by atoms with Crippen LogP contribution in [0.2, 0.25) is 0 Å². The van der Waals surface area contributed by atoms with Crippen LogP contribution in [0.15, 0.2) is 12.1 Å². The Morgan fingerprint density at radius 2 is 2.15 bits per heavy atom. The lowest BCUT2D eigenvalue weighted by molar-refractivity contribution is 0.104. The smallest absolute Gasteiger partial charge is 0.215 e. The Bertz CT molecular complexity index is 697. The first-order valence-corrected chi connectivity index (χ1v) is 8.54. The van der Waals surface area contributed by atoms with Gasteiger partial charge in [0.2, 0.25) is 5.78 Å². The quantitative estimate of drug-likeness (QED) is 0.584. The zero-order chi connectivity index (χ0) is 14.9. The van der Waals surface area contributed by atoms with Gasteiger partial charge in [-0.3, -0.25) is 4.79 Å². The molecule has 104 valence electrons. The summed E-state index contributed by atoms with van der Waals surface area (Å²) in [5.74, 6) is -0.117. The Morgan fingerprint density at radius 1 is 1.45 bits per heavy atom. The summed E-state index contributed by atoms with van der Waals surface area (Å²) >= 11 is 4.84. The van der Waals surface area contributed by atoms with Gasteiger partial charge in [-0.1, -0.05) is 0 Å². The number of hydrogen-bond donors (Lipinski definition) is 2. The molecule has 0 unspecified atom stereocenters. The van der Waals surface area contributed by atoms with E-state index >= 15 is 0 Å². The highest BCUT2D eigenvalue weighted by Gasteiger charge is 2.23. The van der Waals surface area contributed by atoms with E-state index in [1.54, 1.807) is 6.07 Å². The molecule has 0 saturated heterocycles. The van der Waals surface area contributed by atoms with Crippen molar-refractivity contribution in [2.24, 2.45) is 0 Å². The normalized spacial score (nSPS) is 10.6. The van der Waals surface area contributed by atoms with Gasteiger partial charge in [0.25, 0.3) is 0 Å². The van der Waals surface area contributed by atoms with Gasteiger partial charge in [0.1, 0.15) is 21.5 Å². The molecule has 4 nitrogen and oxygen atoms in total. The van der Waals surface area contributed by atoms with E-state index in [0.29, 0.717) is 20.3 Å². The van der Waals surface area contributed by atoms with Gasteiger partial charge in [0.05, 0.1) is 13.4 Å². The summed E-state index contributed by atoms with van der Waals surface area (Å²) < 4.78 is 1.04. The van der Waals surface area contributed by atoms with Crippen molar-refractivity contribution in [1.29, 1.82) is 5.26 Å². The molecule has 0 aliphatic rings. The second-order valence-electron chi connectivity index (χ2n) is 4.39. The number of nitrogens with two attached hydrogens (primary N) is 1. The predicted octanol–water partition coefficient (Wildman–Crippen LogP) is 3.92. The second kappa shape index (κ2) is 6.11. The number of halogens is 1. The third kappa shape index (κ3) is 2.97. The molecule has 0 amide bonds. The van der Waals surface area contributed by atoms with Crippen LogP contribution >= 0.6 is 45.3 Å². The van der Waals surface area contributed by atoms with E-state index in [4.69, 9.17) is 5.73 Å². The number of thiophene rings is 2. The Balaban J connectivity index is 2.45. The Labute approximate surface area is 138 Å². The van der Waals surface area contributed by atoms with Gasteiger partial charge in [-0.05, 0) is 48.6 Å². The zero-order valence-corrected chi connectivity index (χ0v) is 14.6. The summed E-state index contributed by atoms with van der Waals surface area (Å²) in [6, 6.07) is 5.92. The molecule has 0 aliphatic heterocycles. The number of carbonyl (C=O) groups is 1. The van der Waals surface area contributed by atoms with Crippen LogP contribution in [0.25, 0.3) is 0 Å². The van der Waals surface area contributed by atoms with Crippen molar-refractivity contribution in [2.45, 2.75) is 19.9 Å². The summed E-state index contributed by atoms with van der Waals surface area (Å²) in [6.45, 7) is 3.94. The zero-order valence-electron chi connectivity index (χ0n) is 10.9. The van der Waals surface area contributed by atoms with Gasteiger partial charge in [-0.2, -0.15) is 5.26 Å². The second-order valence-corrected chi connectivity index (χ2v) is 8.39. The minimum atomic E-state index is -0.117. The van der Waals surface area contributed by atoms with Gasteiger partial charge in [0, 0.05) is 6.04 Å². The number of nitrogen functional groups attached to an aromatic ring is 1. The van der Waals surface area contributed by atoms with Crippen molar-refractivity contribution in [3.63, 3.8) is 0 Å². The monoisotopic (exact) mass is 417 g/mol. The van der Waals surface area contributed by atoms with Crippen molar-refractivity contribution < 1.29 is 4.79 Å². The molecule has 20 heavy (non-hydrogen) atoms. The lowest BCUT2D eigenvalue weighted by Crippen LogP contribution is -2.09. The molecule has 0 radical (unpaired) electrons. The molecule has 0 aliphatic carbocycles. The van der Waals surface area contributed by atoms with Crippen molar-refractivity contribution in [3.05, 3.63) is 30.3 Å². The first-order chi connectivity index (χ1) is 9.43. The van der Waals surface area contributed by atoms with Crippen molar-refractivity contribution in [2.75, 3.05) is 11.1 Å². The fourth-order valence-corrected chi connectivity index (χ4v) is 4.44. The van der Waals surface area contributed by atoms with E-state index in [-0.39, 0.29) is 17.5 Å².